The van der Waals surface area contributed by atoms with Crippen molar-refractivity contribution in [3.63, 3.8) is 0 Å². The van der Waals surface area contributed by atoms with E-state index in [0.29, 0.717) is 0 Å². The summed E-state index contributed by atoms with van der Waals surface area (Å²) in [6.45, 7) is 2.07. The molecule has 0 aliphatic carbocycles. The Morgan fingerprint density at radius 3 is 2.78 bits per heavy atom. The summed E-state index contributed by atoms with van der Waals surface area (Å²) < 4.78 is 0. The van der Waals surface area contributed by atoms with Crippen LogP contribution in [0.4, 0.5) is 0 Å². The van der Waals surface area contributed by atoms with Crippen LogP contribution in [0.1, 0.15) is 12.6 Å². The third-order valence-corrected chi connectivity index (χ3v) is 0.997. The summed E-state index contributed by atoms with van der Waals surface area (Å²) in [5.41, 5.74) is 1.03. The molecule has 0 aliphatic heterocycles. The smallest absolute Gasteiger partial charge is 0.301 e. The molecule has 2 heteroatoms. The molecule has 1 nitrogen and oxygen atoms in total. The fraction of sp³-hybridized carbons (Fsp3) is 0.286. The van der Waals surface area contributed by atoms with Crippen molar-refractivity contribution in [3.05, 3.63) is 30.1 Å². The molecule has 0 amide bonds. The Hall–Kier alpha value is -0.253. The summed E-state index contributed by atoms with van der Waals surface area (Å²) in [5, 5.41) is 0. The number of nitrogens with zero attached hydrogens (tertiary/aromatic N) is 1. The number of rotatable bonds is 1. The van der Waals surface area contributed by atoms with Crippen molar-refractivity contribution in [1.82, 2.24) is 4.98 Å². The molecule has 0 radical (unpaired) electrons. The first-order valence-electron chi connectivity index (χ1n) is 2.75. The van der Waals surface area contributed by atoms with Gasteiger partial charge in [0.05, 0.1) is 0 Å². The summed E-state index contributed by atoms with van der Waals surface area (Å²) in [6, 6.07) is 6.76. The second kappa shape index (κ2) is 4.61. The van der Waals surface area contributed by atoms with Crippen LogP contribution < -0.4 is 18.9 Å². The van der Waals surface area contributed by atoms with E-state index < -0.39 is 0 Å². The van der Waals surface area contributed by atoms with Crippen molar-refractivity contribution in [2.24, 2.45) is 0 Å². The van der Waals surface area contributed by atoms with E-state index >= 15 is 0 Å². The molecule has 1 aromatic heterocycles. The summed E-state index contributed by atoms with van der Waals surface area (Å²) in [6.07, 6.45) is 2.76. The molecule has 42 valence electrons. The van der Waals surface area contributed by atoms with Gasteiger partial charge in [-0.1, -0.05) is 18.8 Å². The molecule has 1 rings (SSSR count). The number of hydrogen-bond donors (Lipinski definition) is 0. The molecule has 0 spiro atoms. The maximum Gasteiger partial charge on any atom is 1.00 e. The van der Waals surface area contributed by atoms with Crippen LogP contribution in [0.15, 0.2) is 18.3 Å². The van der Waals surface area contributed by atoms with E-state index in [4.69, 9.17) is 0 Å². The van der Waals surface area contributed by atoms with Gasteiger partial charge in [0, 0.05) is 0 Å². The number of aromatic nitrogens is 1. The van der Waals surface area contributed by atoms with Crippen molar-refractivity contribution in [2.75, 3.05) is 0 Å². The minimum Gasteiger partial charge on any atom is -0.301 e. The molecule has 0 fully saturated rings. The summed E-state index contributed by atoms with van der Waals surface area (Å²) >= 11 is 0. The molecule has 9 heavy (non-hydrogen) atoms. The van der Waals surface area contributed by atoms with Gasteiger partial charge in [-0.15, -0.1) is 0 Å². The van der Waals surface area contributed by atoms with Gasteiger partial charge in [0.1, 0.15) is 0 Å². The van der Waals surface area contributed by atoms with Crippen LogP contribution in [-0.2, 0) is 6.42 Å². The molecule has 0 unspecified atom stereocenters. The van der Waals surface area contributed by atoms with E-state index in [1.54, 1.807) is 6.20 Å². The minimum absolute atomic E-state index is 0. The number of hydrogen-bond acceptors (Lipinski definition) is 1. The Morgan fingerprint density at radius 2 is 2.44 bits per heavy atom. The van der Waals surface area contributed by atoms with Gasteiger partial charge in [-0.25, -0.2) is 12.1 Å². The fourth-order valence-electron chi connectivity index (χ4n) is 0.551. The Labute approximate surface area is 67.7 Å². The quantitative estimate of drug-likeness (QED) is 0.317. The average Bonchev–Trinajstić information content (AvgIpc) is 1.90. The molecule has 0 bridgehead atoms. The van der Waals surface area contributed by atoms with Gasteiger partial charge in [0.2, 0.25) is 0 Å². The summed E-state index contributed by atoms with van der Waals surface area (Å²) in [7, 11) is 0. The zero-order valence-electron chi connectivity index (χ0n) is 5.89. The topological polar surface area (TPSA) is 12.9 Å². The SMILES string of the molecule is CCc1[c-]cccn1.[Li+]. The number of pyridine rings is 1. The van der Waals surface area contributed by atoms with E-state index in [9.17, 15) is 0 Å². The average molecular weight is 113 g/mol. The van der Waals surface area contributed by atoms with Crippen LogP contribution >= 0.6 is 0 Å². The van der Waals surface area contributed by atoms with Gasteiger partial charge in [0.15, 0.2) is 0 Å². The van der Waals surface area contributed by atoms with E-state index in [1.807, 2.05) is 12.1 Å². The molecular formula is C7H8LiN. The molecule has 1 heterocycles. The maximum atomic E-state index is 4.04. The van der Waals surface area contributed by atoms with Crippen LogP contribution in [0.5, 0.6) is 0 Å². The first-order valence-corrected chi connectivity index (χ1v) is 2.75. The predicted octanol–water partition coefficient (Wildman–Crippen LogP) is -1.55. The van der Waals surface area contributed by atoms with Gasteiger partial charge in [-0.05, 0) is 6.42 Å². The predicted molar refractivity (Wildman–Crippen MR) is 32.5 cm³/mol. The Bertz CT molecular complexity index is 150. The van der Waals surface area contributed by atoms with Gasteiger partial charge >= 0.3 is 18.9 Å². The second-order valence-electron chi connectivity index (χ2n) is 1.58. The van der Waals surface area contributed by atoms with Crippen LogP contribution in [0.2, 0.25) is 0 Å². The van der Waals surface area contributed by atoms with Crippen molar-refractivity contribution in [3.8, 4) is 0 Å². The Morgan fingerprint density at radius 1 is 1.67 bits per heavy atom. The first kappa shape index (κ1) is 8.75. The first-order chi connectivity index (χ1) is 3.93. The van der Waals surface area contributed by atoms with Crippen molar-refractivity contribution in [1.29, 1.82) is 0 Å². The third kappa shape index (κ3) is 2.69. The van der Waals surface area contributed by atoms with Gasteiger partial charge in [-0.3, -0.25) is 0 Å². The standard InChI is InChI=1S/C7H8N.Li/c1-2-7-5-3-4-6-8-7;/h3-4,6H,2H2,1H3;/q-1;+1. The molecule has 0 aromatic carbocycles. The van der Waals surface area contributed by atoms with E-state index in [-0.39, 0.29) is 18.9 Å². The summed E-state index contributed by atoms with van der Waals surface area (Å²) in [4.78, 5) is 4.04. The third-order valence-electron chi connectivity index (χ3n) is 0.997. The molecular weight excluding hydrogens is 105 g/mol. The van der Waals surface area contributed by atoms with Crippen molar-refractivity contribution < 1.29 is 18.9 Å². The van der Waals surface area contributed by atoms with Crippen LogP contribution in [0, 0.1) is 6.07 Å². The Balaban J connectivity index is 0.000000640. The zero-order valence-corrected chi connectivity index (χ0v) is 5.89. The molecule has 0 saturated carbocycles. The largest absolute Gasteiger partial charge is 1.00 e. The van der Waals surface area contributed by atoms with Crippen molar-refractivity contribution in [2.45, 2.75) is 13.3 Å². The van der Waals surface area contributed by atoms with Crippen LogP contribution in [-0.4, -0.2) is 4.98 Å². The number of aryl methyl sites for hydroxylation is 1. The zero-order chi connectivity index (χ0) is 5.82. The van der Waals surface area contributed by atoms with Gasteiger partial charge < -0.3 is 4.98 Å². The monoisotopic (exact) mass is 113 g/mol. The second-order valence-corrected chi connectivity index (χ2v) is 1.58. The maximum absolute atomic E-state index is 4.04. The van der Waals surface area contributed by atoms with Crippen LogP contribution in [0.25, 0.3) is 0 Å². The molecule has 1 aromatic rings. The van der Waals surface area contributed by atoms with E-state index in [1.165, 1.54) is 0 Å². The van der Waals surface area contributed by atoms with Gasteiger partial charge in [-0.2, -0.15) is 6.07 Å². The van der Waals surface area contributed by atoms with E-state index in [2.05, 4.69) is 18.0 Å². The fourth-order valence-corrected chi connectivity index (χ4v) is 0.551. The van der Waals surface area contributed by atoms with Crippen LogP contribution in [0.3, 0.4) is 0 Å². The minimum atomic E-state index is 0. The molecule has 0 saturated heterocycles. The normalized spacial score (nSPS) is 8.11. The van der Waals surface area contributed by atoms with Crippen molar-refractivity contribution >= 4 is 0 Å². The van der Waals surface area contributed by atoms with E-state index in [0.717, 1.165) is 12.1 Å². The molecule has 0 atom stereocenters. The molecule has 0 aliphatic rings. The summed E-state index contributed by atoms with van der Waals surface area (Å²) in [5.74, 6) is 0. The molecule has 0 N–H and O–H groups in total. The van der Waals surface area contributed by atoms with Gasteiger partial charge in [0.25, 0.3) is 0 Å². The Kier molecular flexibility index (Phi) is 4.48.